The Balaban J connectivity index is 2.30. The quantitative estimate of drug-likeness (QED) is 0.711. The molecule has 1 N–H and O–H groups in total. The Morgan fingerprint density at radius 2 is 1.58 bits per heavy atom. The molecule has 1 aliphatic rings. The Morgan fingerprint density at radius 1 is 0.947 bits per heavy atom. The smallest absolute Gasteiger partial charge is 0.335 e. The Morgan fingerprint density at radius 3 is 2.26 bits per heavy atom. The topological polar surface area (TPSA) is 54.4 Å². The molecule has 0 aromatic heterocycles. The van der Waals surface area contributed by atoms with Crippen LogP contribution in [0.3, 0.4) is 0 Å². The highest BCUT2D eigenvalue weighted by atomic mass is 16.4. The summed E-state index contributed by atoms with van der Waals surface area (Å²) in [4.78, 5) is 23.5. The van der Waals surface area contributed by atoms with Gasteiger partial charge in [-0.05, 0) is 11.1 Å². The molecule has 0 unspecified atom stereocenters. The van der Waals surface area contributed by atoms with Crippen molar-refractivity contribution in [1.82, 2.24) is 0 Å². The molecule has 3 rings (SSSR count). The highest BCUT2D eigenvalue weighted by Crippen LogP contribution is 2.39. The predicted molar refractivity (Wildman–Crippen MR) is 72.0 cm³/mol. The summed E-state index contributed by atoms with van der Waals surface area (Å²) in [7, 11) is 0. The van der Waals surface area contributed by atoms with E-state index in [0.29, 0.717) is 16.7 Å². The van der Waals surface area contributed by atoms with Gasteiger partial charge in [-0.1, -0.05) is 49.0 Å². The highest BCUT2D eigenvalue weighted by Gasteiger charge is 2.30. The second-order valence-electron chi connectivity index (χ2n) is 4.39. The summed E-state index contributed by atoms with van der Waals surface area (Å²) < 4.78 is 0. The monoisotopic (exact) mass is 250 g/mol. The number of hydrogen-bond donors (Lipinski definition) is 1. The van der Waals surface area contributed by atoms with Gasteiger partial charge in [-0.3, -0.25) is 4.79 Å². The van der Waals surface area contributed by atoms with Crippen LogP contribution >= 0.6 is 0 Å². The van der Waals surface area contributed by atoms with Crippen LogP contribution in [-0.2, 0) is 4.79 Å². The van der Waals surface area contributed by atoms with Gasteiger partial charge in [0, 0.05) is 16.7 Å². The number of benzene rings is 2. The Labute approximate surface area is 109 Å². The van der Waals surface area contributed by atoms with Gasteiger partial charge in [-0.25, -0.2) is 4.79 Å². The molecule has 3 nitrogen and oxygen atoms in total. The van der Waals surface area contributed by atoms with Gasteiger partial charge in [-0.15, -0.1) is 0 Å². The van der Waals surface area contributed by atoms with Crippen LogP contribution in [0, 0.1) is 0 Å². The largest absolute Gasteiger partial charge is 0.478 e. The summed E-state index contributed by atoms with van der Waals surface area (Å²) in [5, 5.41) is 9.06. The van der Waals surface area contributed by atoms with Gasteiger partial charge < -0.3 is 5.11 Å². The van der Waals surface area contributed by atoms with E-state index >= 15 is 0 Å². The van der Waals surface area contributed by atoms with Crippen molar-refractivity contribution in [3.8, 4) is 11.1 Å². The third kappa shape index (κ3) is 1.52. The molecule has 3 heteroatoms. The lowest BCUT2D eigenvalue weighted by molar-refractivity contribution is -0.130. The molecule has 0 fully saturated rings. The molecule has 92 valence electrons. The minimum atomic E-state index is -1.11. The fraction of sp³-hybridized carbons (Fsp3) is 0. The van der Waals surface area contributed by atoms with Gasteiger partial charge in [-0.2, -0.15) is 0 Å². The number of hydrogen-bond acceptors (Lipinski definition) is 2. The number of carbonyl (C=O) groups is 2. The third-order valence-corrected chi connectivity index (χ3v) is 3.34. The standard InChI is InChI=1S/C16H10O3/c1-9(16(18)19)10-7-4-8-12-11-5-2-3-6-13(11)15(17)14(10)12/h2-8H,1H2,(H,18,19). The molecule has 1 aliphatic carbocycles. The van der Waals surface area contributed by atoms with Crippen molar-refractivity contribution in [2.75, 3.05) is 0 Å². The average Bonchev–Trinajstić information content (AvgIpc) is 2.72. The molecule has 0 atom stereocenters. The van der Waals surface area contributed by atoms with E-state index in [2.05, 4.69) is 6.58 Å². The molecular formula is C16H10O3. The molecule has 0 aliphatic heterocycles. The van der Waals surface area contributed by atoms with Crippen molar-refractivity contribution >= 4 is 17.3 Å². The van der Waals surface area contributed by atoms with Crippen LogP contribution < -0.4 is 0 Å². The van der Waals surface area contributed by atoms with E-state index in [1.807, 2.05) is 18.2 Å². The van der Waals surface area contributed by atoms with Gasteiger partial charge in [0.2, 0.25) is 0 Å². The molecule has 0 radical (unpaired) electrons. The molecule has 2 aromatic rings. The lowest BCUT2D eigenvalue weighted by Gasteiger charge is -2.06. The number of carbonyl (C=O) groups excluding carboxylic acids is 1. The lowest BCUT2D eigenvalue weighted by Crippen LogP contribution is -2.05. The fourth-order valence-electron chi connectivity index (χ4n) is 2.44. The molecule has 0 bridgehead atoms. The molecule has 0 saturated heterocycles. The first-order chi connectivity index (χ1) is 9.11. The van der Waals surface area contributed by atoms with Crippen molar-refractivity contribution < 1.29 is 14.7 Å². The molecule has 0 heterocycles. The molecule has 2 aromatic carbocycles. The Bertz CT molecular complexity index is 741. The van der Waals surface area contributed by atoms with Crippen molar-refractivity contribution in [3.63, 3.8) is 0 Å². The van der Waals surface area contributed by atoms with Gasteiger partial charge in [0.25, 0.3) is 0 Å². The maximum atomic E-state index is 12.4. The minimum absolute atomic E-state index is 0.0574. The van der Waals surface area contributed by atoms with Gasteiger partial charge in [0.15, 0.2) is 5.78 Å². The summed E-state index contributed by atoms with van der Waals surface area (Å²) in [5.74, 6) is -1.25. The normalized spacial score (nSPS) is 11.9. The highest BCUT2D eigenvalue weighted by molar-refractivity contribution is 6.27. The van der Waals surface area contributed by atoms with Crippen LogP contribution in [0.25, 0.3) is 16.7 Å². The van der Waals surface area contributed by atoms with Gasteiger partial charge in [0.05, 0.1) is 5.57 Å². The Kier molecular flexibility index (Phi) is 2.35. The van der Waals surface area contributed by atoms with E-state index in [9.17, 15) is 9.59 Å². The van der Waals surface area contributed by atoms with Crippen LogP contribution in [0.2, 0.25) is 0 Å². The second kappa shape index (κ2) is 3.92. The van der Waals surface area contributed by atoms with Crippen molar-refractivity contribution in [2.24, 2.45) is 0 Å². The SMILES string of the molecule is C=C(C(=O)O)c1cccc2c1C(=O)c1ccccc1-2. The fourth-order valence-corrected chi connectivity index (χ4v) is 2.44. The van der Waals surface area contributed by atoms with Gasteiger partial charge >= 0.3 is 5.97 Å². The number of carboxylic acids is 1. The maximum absolute atomic E-state index is 12.4. The van der Waals surface area contributed by atoms with E-state index in [-0.39, 0.29) is 11.4 Å². The Hall–Kier alpha value is -2.68. The number of ketones is 1. The van der Waals surface area contributed by atoms with Crippen LogP contribution in [0.5, 0.6) is 0 Å². The first-order valence-electron chi connectivity index (χ1n) is 5.81. The van der Waals surface area contributed by atoms with Crippen molar-refractivity contribution in [2.45, 2.75) is 0 Å². The number of fused-ring (bicyclic) bond motifs is 3. The van der Waals surface area contributed by atoms with Crippen LogP contribution in [0.1, 0.15) is 21.5 Å². The van der Waals surface area contributed by atoms with E-state index in [0.717, 1.165) is 11.1 Å². The number of rotatable bonds is 2. The van der Waals surface area contributed by atoms with Crippen molar-refractivity contribution in [1.29, 1.82) is 0 Å². The lowest BCUT2D eigenvalue weighted by atomic mass is 9.96. The van der Waals surface area contributed by atoms with Crippen LogP contribution in [0.4, 0.5) is 0 Å². The molecule has 19 heavy (non-hydrogen) atoms. The van der Waals surface area contributed by atoms with Crippen LogP contribution in [0.15, 0.2) is 49.0 Å². The first kappa shape index (κ1) is 11.4. The maximum Gasteiger partial charge on any atom is 0.335 e. The molecule has 0 amide bonds. The first-order valence-corrected chi connectivity index (χ1v) is 5.81. The van der Waals surface area contributed by atoms with E-state index in [1.54, 1.807) is 24.3 Å². The summed E-state index contributed by atoms with van der Waals surface area (Å²) in [5.41, 5.74) is 3.02. The molecule has 0 spiro atoms. The third-order valence-electron chi connectivity index (χ3n) is 3.34. The van der Waals surface area contributed by atoms with Crippen LogP contribution in [-0.4, -0.2) is 16.9 Å². The van der Waals surface area contributed by atoms with Crippen molar-refractivity contribution in [3.05, 3.63) is 65.7 Å². The zero-order chi connectivity index (χ0) is 13.6. The second-order valence-corrected chi connectivity index (χ2v) is 4.39. The number of carboxylic acid groups (broad SMARTS) is 1. The summed E-state index contributed by atoms with van der Waals surface area (Å²) in [6.45, 7) is 3.55. The summed E-state index contributed by atoms with van der Waals surface area (Å²) in [6, 6.07) is 12.5. The molecular weight excluding hydrogens is 240 g/mol. The zero-order valence-corrected chi connectivity index (χ0v) is 10.0. The van der Waals surface area contributed by atoms with E-state index in [1.165, 1.54) is 0 Å². The predicted octanol–water partition coefficient (Wildman–Crippen LogP) is 3.00. The van der Waals surface area contributed by atoms with Gasteiger partial charge in [0.1, 0.15) is 0 Å². The molecule has 0 saturated carbocycles. The summed E-state index contributed by atoms with van der Waals surface area (Å²) >= 11 is 0. The number of aliphatic carboxylic acids is 1. The summed E-state index contributed by atoms with van der Waals surface area (Å²) in [6.07, 6.45) is 0. The minimum Gasteiger partial charge on any atom is -0.478 e. The van der Waals surface area contributed by atoms with E-state index < -0.39 is 5.97 Å². The zero-order valence-electron chi connectivity index (χ0n) is 10.0. The van der Waals surface area contributed by atoms with E-state index in [4.69, 9.17) is 5.11 Å². The average molecular weight is 250 g/mol.